The van der Waals surface area contributed by atoms with E-state index >= 15 is 0 Å². The molecule has 5 rings (SSSR count). The maximum Gasteiger partial charge on any atom is 0.416 e. The van der Waals surface area contributed by atoms with Crippen LogP contribution in [0.2, 0.25) is 0 Å². The average molecular weight is 382 g/mol. The van der Waals surface area contributed by atoms with Crippen molar-refractivity contribution in [1.82, 2.24) is 5.32 Å². The van der Waals surface area contributed by atoms with Gasteiger partial charge in [-0.3, -0.25) is 4.79 Å². The number of hydrogen-bond donors (Lipinski definition) is 2. The van der Waals surface area contributed by atoms with Crippen LogP contribution in [-0.4, -0.2) is 11.0 Å². The van der Waals surface area contributed by atoms with Crippen molar-refractivity contribution >= 4 is 28.9 Å². The summed E-state index contributed by atoms with van der Waals surface area (Å²) in [4.78, 5) is 12.9. The number of thiocarbonyl (C=S) groups is 1. The zero-order valence-electron chi connectivity index (χ0n) is 14.2. The Balaban J connectivity index is 1.42. The first-order valence-electron chi connectivity index (χ1n) is 9.03. The SMILES string of the molecule is O=C(NC(=S)Nc1cccc(C(F)(F)F)c1)C12CC3CC(CC(C3)C1)C2. The van der Waals surface area contributed by atoms with Gasteiger partial charge in [0.05, 0.1) is 11.0 Å². The third-order valence-electron chi connectivity index (χ3n) is 6.19. The van der Waals surface area contributed by atoms with Gasteiger partial charge >= 0.3 is 6.18 Å². The maximum absolute atomic E-state index is 12.9. The molecule has 1 aromatic rings. The smallest absolute Gasteiger partial charge is 0.332 e. The number of halogens is 3. The van der Waals surface area contributed by atoms with Gasteiger partial charge in [0.2, 0.25) is 5.91 Å². The van der Waals surface area contributed by atoms with E-state index in [1.54, 1.807) is 0 Å². The van der Waals surface area contributed by atoms with E-state index in [2.05, 4.69) is 10.6 Å². The second-order valence-corrected chi connectivity index (χ2v) is 8.59. The molecule has 4 bridgehead atoms. The molecule has 26 heavy (non-hydrogen) atoms. The summed E-state index contributed by atoms with van der Waals surface area (Å²) in [5.74, 6) is 1.84. The fourth-order valence-electron chi connectivity index (χ4n) is 5.56. The van der Waals surface area contributed by atoms with Crippen molar-refractivity contribution < 1.29 is 18.0 Å². The summed E-state index contributed by atoms with van der Waals surface area (Å²) in [6.07, 6.45) is 2.03. The predicted molar refractivity (Wildman–Crippen MR) is 96.4 cm³/mol. The van der Waals surface area contributed by atoms with Gasteiger partial charge in [0.25, 0.3) is 0 Å². The van der Waals surface area contributed by atoms with Crippen LogP contribution in [0.1, 0.15) is 44.1 Å². The molecule has 0 aromatic heterocycles. The average Bonchev–Trinajstić information content (AvgIpc) is 2.52. The molecule has 0 heterocycles. The highest BCUT2D eigenvalue weighted by Crippen LogP contribution is 2.60. The van der Waals surface area contributed by atoms with E-state index in [0.29, 0.717) is 17.8 Å². The number of alkyl halides is 3. The summed E-state index contributed by atoms with van der Waals surface area (Å²) in [7, 11) is 0. The van der Waals surface area contributed by atoms with Crippen LogP contribution >= 0.6 is 12.2 Å². The lowest BCUT2D eigenvalue weighted by Crippen LogP contribution is -2.55. The first kappa shape index (κ1) is 17.8. The summed E-state index contributed by atoms with van der Waals surface area (Å²) in [6, 6.07) is 4.80. The molecule has 4 fully saturated rings. The fourth-order valence-corrected chi connectivity index (χ4v) is 5.77. The molecule has 1 amide bonds. The topological polar surface area (TPSA) is 41.1 Å². The minimum absolute atomic E-state index is 0.0602. The Bertz CT molecular complexity index is 711. The second kappa shape index (κ2) is 6.22. The molecule has 4 aliphatic carbocycles. The third kappa shape index (κ3) is 3.33. The Labute approximate surface area is 155 Å². The molecule has 0 aliphatic heterocycles. The van der Waals surface area contributed by atoms with Crippen LogP contribution in [0, 0.1) is 23.2 Å². The van der Waals surface area contributed by atoms with Crippen molar-refractivity contribution in [3.63, 3.8) is 0 Å². The predicted octanol–water partition coefficient (Wildman–Crippen LogP) is 4.73. The zero-order chi connectivity index (χ0) is 18.5. The summed E-state index contributed by atoms with van der Waals surface area (Å²) in [6.45, 7) is 0. The summed E-state index contributed by atoms with van der Waals surface area (Å²) < 4.78 is 38.4. The molecule has 0 radical (unpaired) electrons. The van der Waals surface area contributed by atoms with Gasteiger partial charge in [-0.2, -0.15) is 13.2 Å². The summed E-state index contributed by atoms with van der Waals surface area (Å²) in [5, 5.41) is 5.52. The molecule has 2 N–H and O–H groups in total. The lowest BCUT2D eigenvalue weighted by Gasteiger charge is -2.55. The highest BCUT2D eigenvalue weighted by atomic mass is 32.1. The van der Waals surface area contributed by atoms with Crippen LogP contribution in [0.5, 0.6) is 0 Å². The van der Waals surface area contributed by atoms with E-state index < -0.39 is 11.7 Å². The number of amides is 1. The van der Waals surface area contributed by atoms with Gasteiger partial charge in [0.1, 0.15) is 0 Å². The van der Waals surface area contributed by atoms with Crippen molar-refractivity contribution in [2.24, 2.45) is 23.2 Å². The molecule has 7 heteroatoms. The first-order valence-corrected chi connectivity index (χ1v) is 9.44. The van der Waals surface area contributed by atoms with Gasteiger partial charge in [0.15, 0.2) is 5.11 Å². The van der Waals surface area contributed by atoms with Gasteiger partial charge in [0, 0.05) is 5.69 Å². The second-order valence-electron chi connectivity index (χ2n) is 8.18. The molecule has 4 saturated carbocycles. The Morgan fingerprint density at radius 2 is 1.65 bits per heavy atom. The Morgan fingerprint density at radius 1 is 1.08 bits per heavy atom. The lowest BCUT2D eigenvalue weighted by molar-refractivity contribution is -0.144. The number of carbonyl (C=O) groups is 1. The molecule has 4 aliphatic rings. The van der Waals surface area contributed by atoms with E-state index in [4.69, 9.17) is 12.2 Å². The minimum Gasteiger partial charge on any atom is -0.332 e. The van der Waals surface area contributed by atoms with Crippen molar-refractivity contribution in [1.29, 1.82) is 0 Å². The van der Waals surface area contributed by atoms with Gasteiger partial charge in [-0.1, -0.05) is 6.07 Å². The van der Waals surface area contributed by atoms with Gasteiger partial charge in [-0.05, 0) is 86.7 Å². The van der Waals surface area contributed by atoms with E-state index in [0.717, 1.165) is 31.4 Å². The Hall–Kier alpha value is -1.63. The fraction of sp³-hybridized carbons (Fsp3) is 0.579. The number of anilines is 1. The van der Waals surface area contributed by atoms with E-state index in [9.17, 15) is 18.0 Å². The van der Waals surface area contributed by atoms with Crippen LogP contribution in [-0.2, 0) is 11.0 Å². The number of rotatable bonds is 2. The largest absolute Gasteiger partial charge is 0.416 e. The van der Waals surface area contributed by atoms with Gasteiger partial charge < -0.3 is 10.6 Å². The number of nitrogens with one attached hydrogen (secondary N) is 2. The molecular weight excluding hydrogens is 361 g/mol. The van der Waals surface area contributed by atoms with Crippen molar-refractivity contribution in [2.75, 3.05) is 5.32 Å². The highest BCUT2D eigenvalue weighted by molar-refractivity contribution is 7.80. The van der Waals surface area contributed by atoms with Crippen LogP contribution in [0.3, 0.4) is 0 Å². The standard InChI is InChI=1S/C19H21F3N2OS/c20-19(21,22)14-2-1-3-15(7-14)23-17(26)24-16(25)18-8-11-4-12(9-18)6-13(5-11)10-18/h1-3,7,11-13H,4-6,8-10H2,(H2,23,24,25,26). The van der Waals surface area contributed by atoms with Crippen molar-refractivity contribution in [2.45, 2.75) is 44.7 Å². The maximum atomic E-state index is 12.9. The Kier molecular flexibility index (Phi) is 4.25. The number of hydrogen-bond acceptors (Lipinski definition) is 2. The first-order chi connectivity index (χ1) is 12.2. The van der Waals surface area contributed by atoms with Gasteiger partial charge in [-0.15, -0.1) is 0 Å². The molecule has 1 aromatic carbocycles. The van der Waals surface area contributed by atoms with Crippen LogP contribution in [0.25, 0.3) is 0 Å². The van der Waals surface area contributed by atoms with Crippen LogP contribution < -0.4 is 10.6 Å². The minimum atomic E-state index is -4.41. The Morgan fingerprint density at radius 3 is 2.19 bits per heavy atom. The molecule has 0 atom stereocenters. The lowest BCUT2D eigenvalue weighted by atomic mass is 9.49. The molecule has 3 nitrogen and oxygen atoms in total. The van der Waals surface area contributed by atoms with E-state index in [-0.39, 0.29) is 22.1 Å². The van der Waals surface area contributed by atoms with Crippen LogP contribution in [0.4, 0.5) is 18.9 Å². The third-order valence-corrected chi connectivity index (χ3v) is 6.40. The molecule has 140 valence electrons. The van der Waals surface area contributed by atoms with Crippen molar-refractivity contribution in [3.8, 4) is 0 Å². The quantitative estimate of drug-likeness (QED) is 0.727. The van der Waals surface area contributed by atoms with Crippen LogP contribution in [0.15, 0.2) is 24.3 Å². The van der Waals surface area contributed by atoms with Crippen molar-refractivity contribution in [3.05, 3.63) is 29.8 Å². The highest BCUT2D eigenvalue weighted by Gasteiger charge is 2.54. The molecule has 0 unspecified atom stereocenters. The molecule has 0 saturated heterocycles. The normalized spacial score (nSPS) is 32.3. The monoisotopic (exact) mass is 382 g/mol. The summed E-state index contributed by atoms with van der Waals surface area (Å²) >= 11 is 5.18. The molecule has 0 spiro atoms. The van der Waals surface area contributed by atoms with Gasteiger partial charge in [-0.25, -0.2) is 0 Å². The number of benzene rings is 1. The van der Waals surface area contributed by atoms with E-state index in [1.165, 1.54) is 31.4 Å². The van der Waals surface area contributed by atoms with E-state index in [1.807, 2.05) is 0 Å². The summed E-state index contributed by atoms with van der Waals surface area (Å²) in [5.41, 5.74) is -0.873. The zero-order valence-corrected chi connectivity index (χ0v) is 15.1. The molecular formula is C19H21F3N2OS. The number of carbonyl (C=O) groups excluding carboxylic acids is 1.